The number of ether oxygens (including phenoxy) is 3. The van der Waals surface area contributed by atoms with Gasteiger partial charge in [0.05, 0.1) is 33.0 Å². The Labute approximate surface area is 176 Å². The molecule has 0 atom stereocenters. The van der Waals surface area contributed by atoms with Crippen LogP contribution in [0.5, 0.6) is 0 Å². The lowest BCUT2D eigenvalue weighted by Gasteiger charge is -2.18. The Kier molecular flexibility index (Phi) is 17.8. The Hall–Kier alpha value is -1.20. The molecule has 0 saturated heterocycles. The average molecular weight is 456 g/mol. The Morgan fingerprint density at radius 2 is 1.20 bits per heavy atom. The van der Waals surface area contributed by atoms with Crippen LogP contribution in [0.2, 0.25) is 0 Å². The van der Waals surface area contributed by atoms with Crippen molar-refractivity contribution in [3.8, 4) is 0 Å². The summed E-state index contributed by atoms with van der Waals surface area (Å²) in [4.78, 5) is 33.5. The molecule has 0 fully saturated rings. The summed E-state index contributed by atoms with van der Waals surface area (Å²) < 4.78 is 43.3. The maximum Gasteiger partial charge on any atom is 0.475 e. The van der Waals surface area contributed by atoms with Gasteiger partial charge in [-0.3, -0.25) is 23.2 Å². The highest BCUT2D eigenvalue weighted by Gasteiger charge is 2.28. The second-order valence-electron chi connectivity index (χ2n) is 5.93. The van der Waals surface area contributed by atoms with Crippen LogP contribution in [0.3, 0.4) is 0 Å². The summed E-state index contributed by atoms with van der Waals surface area (Å²) >= 11 is 0. The fourth-order valence-electron chi connectivity index (χ4n) is 1.76. The summed E-state index contributed by atoms with van der Waals surface area (Å²) in [5.41, 5.74) is 0. The van der Waals surface area contributed by atoms with Gasteiger partial charge in [-0.15, -0.1) is 0 Å². The minimum atomic E-state index is -3.98. The lowest BCUT2D eigenvalue weighted by molar-refractivity contribution is -0.157. The Morgan fingerprint density at radius 1 is 0.733 bits per heavy atom. The number of ketones is 2. The number of phosphoric acid groups is 1. The highest BCUT2D eigenvalue weighted by molar-refractivity contribution is 7.48. The van der Waals surface area contributed by atoms with Gasteiger partial charge >= 0.3 is 19.6 Å². The number of rotatable bonds is 21. The fraction of sp³-hybridized carbons (Fsp3) is 0.833. The molecule has 0 spiro atoms. The number of carbonyl (C=O) groups excluding carboxylic acids is 3. The quantitative estimate of drug-likeness (QED) is 0.0881. The zero-order valence-electron chi connectivity index (χ0n) is 17.7. The molecule has 30 heavy (non-hydrogen) atoms. The van der Waals surface area contributed by atoms with Gasteiger partial charge in [0.1, 0.15) is 13.2 Å². The van der Waals surface area contributed by atoms with E-state index in [-0.39, 0.29) is 26.4 Å². The summed E-state index contributed by atoms with van der Waals surface area (Å²) in [7, 11) is -3.98. The number of esters is 1. The van der Waals surface area contributed by atoms with E-state index in [2.05, 4.69) is 4.74 Å². The third kappa shape index (κ3) is 14.7. The molecule has 0 radical (unpaired) electrons. The Morgan fingerprint density at radius 3 is 1.63 bits per heavy atom. The van der Waals surface area contributed by atoms with Crippen molar-refractivity contribution in [1.29, 1.82) is 0 Å². The number of aliphatic hydroxyl groups is 1. The molecule has 0 aromatic rings. The van der Waals surface area contributed by atoms with Crippen molar-refractivity contribution in [2.45, 2.75) is 39.5 Å². The van der Waals surface area contributed by atoms with E-state index in [1.807, 2.05) is 13.8 Å². The van der Waals surface area contributed by atoms with E-state index in [0.29, 0.717) is 13.2 Å². The third-order valence-electron chi connectivity index (χ3n) is 3.39. The molecule has 0 aromatic heterocycles. The van der Waals surface area contributed by atoms with Gasteiger partial charge in [0, 0.05) is 13.2 Å². The predicted octanol–water partition coefficient (Wildman–Crippen LogP) is 1.45. The van der Waals surface area contributed by atoms with Gasteiger partial charge in [-0.25, -0.2) is 9.36 Å². The topological polar surface area (TPSA) is 144 Å². The number of hydrogen-bond donors (Lipinski definition) is 1. The molecule has 12 heteroatoms. The highest BCUT2D eigenvalue weighted by Crippen LogP contribution is 2.49. The fourth-order valence-corrected chi connectivity index (χ4v) is 2.88. The summed E-state index contributed by atoms with van der Waals surface area (Å²) in [6, 6.07) is 0. The number of Topliss-reactive ketones (excluding diaryl/α,β-unsaturated/α-hetero) is 2. The molecular formula is C18H33O11P. The number of unbranched alkanes of at least 4 members (excludes halogenated alkanes) is 2. The summed E-state index contributed by atoms with van der Waals surface area (Å²) in [5.74, 6) is -4.21. The van der Waals surface area contributed by atoms with Crippen molar-refractivity contribution < 1.29 is 51.8 Å². The summed E-state index contributed by atoms with van der Waals surface area (Å²) in [6.45, 7) is 3.48. The molecule has 0 aliphatic rings. The molecule has 0 aliphatic heterocycles. The molecule has 0 aliphatic carbocycles. The summed E-state index contributed by atoms with van der Waals surface area (Å²) in [5, 5.41) is 8.54. The molecule has 0 amide bonds. The monoisotopic (exact) mass is 456 g/mol. The minimum absolute atomic E-state index is 0.0407. The smallest absolute Gasteiger partial charge is 0.457 e. The number of carbonyl (C=O) groups is 3. The predicted molar refractivity (Wildman–Crippen MR) is 105 cm³/mol. The first-order valence-corrected chi connectivity index (χ1v) is 11.4. The standard InChI is InChI=1S/C18H33O11P/c1-3-5-7-24-9-12-27-30(23,28-13-10-25-8-6-4-2)29-14-11-26-18(22)17(21)16(20)15-19/h19H,3-15H2,1-2H3. The molecule has 0 bridgehead atoms. The third-order valence-corrected chi connectivity index (χ3v) is 4.88. The highest BCUT2D eigenvalue weighted by atomic mass is 31.2. The Balaban J connectivity index is 4.38. The van der Waals surface area contributed by atoms with Crippen molar-refractivity contribution >= 4 is 25.4 Å². The van der Waals surface area contributed by atoms with E-state index < -0.39 is 45.2 Å². The zero-order chi connectivity index (χ0) is 22.7. The van der Waals surface area contributed by atoms with Gasteiger partial charge in [0.15, 0.2) is 0 Å². The van der Waals surface area contributed by atoms with E-state index in [1.54, 1.807) is 0 Å². The number of aliphatic hydroxyl groups excluding tert-OH is 1. The van der Waals surface area contributed by atoms with Crippen LogP contribution in [0.1, 0.15) is 39.5 Å². The van der Waals surface area contributed by atoms with Crippen LogP contribution in [0.25, 0.3) is 0 Å². The maximum atomic E-state index is 12.7. The SMILES string of the molecule is CCCCOCCOP(=O)(OCCOCCCC)OCCOC(=O)C(=O)C(=O)CO. The van der Waals surface area contributed by atoms with Crippen LogP contribution < -0.4 is 0 Å². The van der Waals surface area contributed by atoms with Gasteiger partial charge in [0.2, 0.25) is 5.78 Å². The first kappa shape index (κ1) is 28.8. The van der Waals surface area contributed by atoms with E-state index in [0.717, 1.165) is 25.7 Å². The van der Waals surface area contributed by atoms with Gasteiger partial charge in [-0.1, -0.05) is 26.7 Å². The molecule has 0 unspecified atom stereocenters. The van der Waals surface area contributed by atoms with Crippen molar-refractivity contribution in [2.75, 3.05) is 59.5 Å². The van der Waals surface area contributed by atoms with Crippen LogP contribution >= 0.6 is 7.82 Å². The van der Waals surface area contributed by atoms with Gasteiger partial charge in [0.25, 0.3) is 0 Å². The van der Waals surface area contributed by atoms with Gasteiger partial charge < -0.3 is 19.3 Å². The zero-order valence-corrected chi connectivity index (χ0v) is 18.6. The van der Waals surface area contributed by atoms with Gasteiger partial charge in [-0.05, 0) is 12.8 Å². The molecule has 0 aromatic carbocycles. The molecule has 0 saturated carbocycles. The van der Waals surface area contributed by atoms with E-state index in [1.165, 1.54) is 0 Å². The van der Waals surface area contributed by atoms with E-state index in [9.17, 15) is 18.9 Å². The van der Waals surface area contributed by atoms with Crippen molar-refractivity contribution in [3.05, 3.63) is 0 Å². The summed E-state index contributed by atoms with van der Waals surface area (Å²) in [6.07, 6.45) is 3.74. The second-order valence-corrected chi connectivity index (χ2v) is 7.59. The number of hydrogen-bond acceptors (Lipinski definition) is 11. The van der Waals surface area contributed by atoms with Crippen LogP contribution in [0, 0.1) is 0 Å². The van der Waals surface area contributed by atoms with Crippen LogP contribution in [-0.4, -0.2) is 82.1 Å². The molecule has 1 N–H and O–H groups in total. The molecular weight excluding hydrogens is 423 g/mol. The molecule has 0 heterocycles. The molecule has 176 valence electrons. The first-order chi connectivity index (χ1) is 14.4. The largest absolute Gasteiger partial charge is 0.475 e. The maximum absolute atomic E-state index is 12.7. The van der Waals surface area contributed by atoms with Crippen molar-refractivity contribution in [1.82, 2.24) is 0 Å². The number of phosphoric ester groups is 1. The van der Waals surface area contributed by atoms with Crippen LogP contribution in [-0.2, 0) is 46.7 Å². The lowest BCUT2D eigenvalue weighted by Crippen LogP contribution is -2.29. The second kappa shape index (κ2) is 18.6. The normalized spacial score (nSPS) is 11.4. The van der Waals surface area contributed by atoms with Crippen molar-refractivity contribution in [3.63, 3.8) is 0 Å². The average Bonchev–Trinajstić information content (AvgIpc) is 2.75. The van der Waals surface area contributed by atoms with E-state index in [4.69, 9.17) is 28.2 Å². The molecule has 11 nitrogen and oxygen atoms in total. The Bertz CT molecular complexity index is 518. The van der Waals surface area contributed by atoms with Crippen LogP contribution in [0.4, 0.5) is 0 Å². The minimum Gasteiger partial charge on any atom is -0.457 e. The van der Waals surface area contributed by atoms with Gasteiger partial charge in [-0.2, -0.15) is 0 Å². The van der Waals surface area contributed by atoms with E-state index >= 15 is 0 Å². The first-order valence-electron chi connectivity index (χ1n) is 9.94. The van der Waals surface area contributed by atoms with Crippen molar-refractivity contribution in [2.24, 2.45) is 0 Å². The van der Waals surface area contributed by atoms with Crippen LogP contribution in [0.15, 0.2) is 0 Å². The molecule has 0 rings (SSSR count). The lowest BCUT2D eigenvalue weighted by atomic mass is 10.3.